The van der Waals surface area contributed by atoms with Crippen LogP contribution in [0, 0.1) is 0 Å². The number of halogens is 1. The number of benzene rings is 2. The molecule has 0 heterocycles. The summed E-state index contributed by atoms with van der Waals surface area (Å²) in [6.07, 6.45) is 0. The Hall–Kier alpha value is -2.58. The second-order valence-electron chi connectivity index (χ2n) is 6.99. The number of nitrogens with one attached hydrogen (secondary N) is 2. The fourth-order valence-corrected chi connectivity index (χ4v) is 3.94. The SMILES string of the molecule is COC(=O)c1ccc(Cl)c(S(=O)(=O)Nc2ccccc2C(=O)NC(C)(C)C)c1. The van der Waals surface area contributed by atoms with Gasteiger partial charge in [0, 0.05) is 5.54 Å². The lowest BCUT2D eigenvalue weighted by molar-refractivity contribution is 0.0600. The Morgan fingerprint density at radius 3 is 2.32 bits per heavy atom. The second kappa shape index (κ2) is 8.20. The molecule has 2 rings (SSSR count). The predicted octanol–water partition coefficient (Wildman–Crippen LogP) is 3.46. The van der Waals surface area contributed by atoms with E-state index in [1.807, 2.05) is 20.8 Å². The molecule has 1 amide bonds. The van der Waals surface area contributed by atoms with Crippen LogP contribution in [0.2, 0.25) is 5.02 Å². The van der Waals surface area contributed by atoms with Crippen LogP contribution < -0.4 is 10.0 Å². The number of rotatable bonds is 5. The summed E-state index contributed by atoms with van der Waals surface area (Å²) >= 11 is 6.03. The van der Waals surface area contributed by atoms with Gasteiger partial charge in [0.1, 0.15) is 4.90 Å². The van der Waals surface area contributed by atoms with Crippen LogP contribution in [0.1, 0.15) is 41.5 Å². The summed E-state index contributed by atoms with van der Waals surface area (Å²) in [4.78, 5) is 23.9. The zero-order valence-corrected chi connectivity index (χ0v) is 17.4. The molecule has 0 atom stereocenters. The van der Waals surface area contributed by atoms with Gasteiger partial charge in [-0.05, 0) is 51.1 Å². The molecule has 0 radical (unpaired) electrons. The van der Waals surface area contributed by atoms with Gasteiger partial charge in [0.15, 0.2) is 0 Å². The topological polar surface area (TPSA) is 102 Å². The molecule has 0 unspecified atom stereocenters. The van der Waals surface area contributed by atoms with E-state index in [1.54, 1.807) is 12.1 Å². The largest absolute Gasteiger partial charge is 0.465 e. The molecule has 0 bridgehead atoms. The first-order valence-corrected chi connectivity index (χ1v) is 10.1. The molecule has 0 aromatic heterocycles. The van der Waals surface area contributed by atoms with E-state index >= 15 is 0 Å². The van der Waals surface area contributed by atoms with Crippen molar-refractivity contribution in [2.75, 3.05) is 11.8 Å². The quantitative estimate of drug-likeness (QED) is 0.715. The third kappa shape index (κ3) is 5.24. The zero-order chi connectivity index (χ0) is 21.1. The number of hydrogen-bond acceptors (Lipinski definition) is 5. The van der Waals surface area contributed by atoms with Gasteiger partial charge >= 0.3 is 5.97 Å². The van der Waals surface area contributed by atoms with E-state index in [0.717, 1.165) is 6.07 Å². The molecule has 7 nitrogen and oxygen atoms in total. The van der Waals surface area contributed by atoms with E-state index in [0.29, 0.717) is 0 Å². The number of ether oxygens (including phenoxy) is 1. The zero-order valence-electron chi connectivity index (χ0n) is 15.9. The minimum atomic E-state index is -4.18. The van der Waals surface area contributed by atoms with Crippen molar-refractivity contribution in [2.24, 2.45) is 0 Å². The lowest BCUT2D eigenvalue weighted by atomic mass is 10.1. The first-order chi connectivity index (χ1) is 12.9. The molecule has 2 aromatic carbocycles. The van der Waals surface area contributed by atoms with Crippen LogP contribution in [0.25, 0.3) is 0 Å². The average molecular weight is 425 g/mol. The van der Waals surface area contributed by atoms with Crippen molar-refractivity contribution in [3.63, 3.8) is 0 Å². The van der Waals surface area contributed by atoms with E-state index in [9.17, 15) is 18.0 Å². The molecule has 0 fully saturated rings. The van der Waals surface area contributed by atoms with Crippen LogP contribution in [0.5, 0.6) is 0 Å². The van der Waals surface area contributed by atoms with E-state index in [4.69, 9.17) is 11.6 Å². The summed E-state index contributed by atoms with van der Waals surface area (Å²) in [7, 11) is -2.99. The van der Waals surface area contributed by atoms with Gasteiger partial charge in [0.25, 0.3) is 15.9 Å². The summed E-state index contributed by atoms with van der Waals surface area (Å²) in [5.74, 6) is -1.13. The number of anilines is 1. The van der Waals surface area contributed by atoms with Crippen molar-refractivity contribution >= 4 is 39.2 Å². The molecule has 2 N–H and O–H groups in total. The maximum Gasteiger partial charge on any atom is 0.337 e. The maximum absolute atomic E-state index is 12.9. The van der Waals surface area contributed by atoms with Gasteiger partial charge in [-0.1, -0.05) is 23.7 Å². The summed E-state index contributed by atoms with van der Waals surface area (Å²) in [5, 5.41) is 2.71. The Morgan fingerprint density at radius 1 is 1.07 bits per heavy atom. The van der Waals surface area contributed by atoms with Crippen LogP contribution in [-0.2, 0) is 14.8 Å². The Kier molecular flexibility index (Phi) is 6.36. The van der Waals surface area contributed by atoms with Crippen LogP contribution in [-0.4, -0.2) is 32.9 Å². The van der Waals surface area contributed by atoms with Crippen molar-refractivity contribution in [1.82, 2.24) is 5.32 Å². The molecule has 0 saturated heterocycles. The lowest BCUT2D eigenvalue weighted by Crippen LogP contribution is -2.40. The molecule has 9 heteroatoms. The Bertz CT molecular complexity index is 1010. The number of amides is 1. The number of methoxy groups -OCH3 is 1. The predicted molar refractivity (Wildman–Crippen MR) is 107 cm³/mol. The highest BCUT2D eigenvalue weighted by Gasteiger charge is 2.24. The monoisotopic (exact) mass is 424 g/mol. The van der Waals surface area contributed by atoms with Crippen molar-refractivity contribution in [1.29, 1.82) is 0 Å². The van der Waals surface area contributed by atoms with Gasteiger partial charge in [-0.15, -0.1) is 0 Å². The van der Waals surface area contributed by atoms with Crippen LogP contribution in [0.15, 0.2) is 47.4 Å². The molecule has 0 saturated carbocycles. The first kappa shape index (κ1) is 21.7. The van der Waals surface area contributed by atoms with E-state index < -0.39 is 27.4 Å². The summed E-state index contributed by atoms with van der Waals surface area (Å²) in [6, 6.07) is 9.96. The van der Waals surface area contributed by atoms with Crippen molar-refractivity contribution in [3.05, 3.63) is 58.6 Å². The normalized spacial score (nSPS) is 11.6. The second-order valence-corrected chi connectivity index (χ2v) is 9.05. The highest BCUT2D eigenvalue weighted by atomic mass is 35.5. The third-order valence-corrected chi connectivity index (χ3v) is 5.39. The molecule has 0 aliphatic heterocycles. The molecule has 2 aromatic rings. The van der Waals surface area contributed by atoms with E-state index in [-0.39, 0.29) is 26.7 Å². The summed E-state index contributed by atoms with van der Waals surface area (Å²) < 4.78 is 32.7. The molecular weight excluding hydrogens is 404 g/mol. The van der Waals surface area contributed by atoms with Gasteiger partial charge in [0.05, 0.1) is 28.9 Å². The fraction of sp³-hybridized carbons (Fsp3) is 0.263. The fourth-order valence-electron chi connectivity index (χ4n) is 2.33. The van der Waals surface area contributed by atoms with Gasteiger partial charge in [-0.3, -0.25) is 9.52 Å². The maximum atomic E-state index is 12.9. The highest BCUT2D eigenvalue weighted by Crippen LogP contribution is 2.27. The molecule has 28 heavy (non-hydrogen) atoms. The molecule has 0 aliphatic rings. The average Bonchev–Trinajstić information content (AvgIpc) is 2.60. The van der Waals surface area contributed by atoms with Gasteiger partial charge in [-0.25, -0.2) is 13.2 Å². The number of para-hydroxylation sites is 1. The number of hydrogen-bond donors (Lipinski definition) is 2. The Balaban J connectivity index is 2.44. The van der Waals surface area contributed by atoms with Crippen LogP contribution in [0.4, 0.5) is 5.69 Å². The third-order valence-electron chi connectivity index (χ3n) is 3.55. The van der Waals surface area contributed by atoms with Crippen molar-refractivity contribution in [2.45, 2.75) is 31.2 Å². The van der Waals surface area contributed by atoms with Crippen molar-refractivity contribution in [3.8, 4) is 0 Å². The Labute approximate surface area is 169 Å². The number of carbonyl (C=O) groups is 2. The Morgan fingerprint density at radius 2 is 1.71 bits per heavy atom. The van der Waals surface area contributed by atoms with Gasteiger partial charge in [-0.2, -0.15) is 0 Å². The standard InChI is InChI=1S/C19H21ClN2O5S/c1-19(2,3)21-17(23)13-7-5-6-8-15(13)22-28(25,26)16-11-12(18(24)27-4)9-10-14(16)20/h5-11,22H,1-4H3,(H,21,23). The number of carbonyl (C=O) groups excluding carboxylic acids is 2. The van der Waals surface area contributed by atoms with Gasteiger partial charge < -0.3 is 10.1 Å². The molecule has 0 aliphatic carbocycles. The van der Waals surface area contributed by atoms with Crippen LogP contribution >= 0.6 is 11.6 Å². The minimum absolute atomic E-state index is 0.0334. The van der Waals surface area contributed by atoms with Gasteiger partial charge in [0.2, 0.25) is 0 Å². The van der Waals surface area contributed by atoms with Crippen molar-refractivity contribution < 1.29 is 22.7 Å². The highest BCUT2D eigenvalue weighted by molar-refractivity contribution is 7.92. The smallest absolute Gasteiger partial charge is 0.337 e. The minimum Gasteiger partial charge on any atom is -0.465 e. The van der Waals surface area contributed by atoms with E-state index in [2.05, 4.69) is 14.8 Å². The molecular formula is C19H21ClN2O5S. The number of sulfonamides is 1. The summed E-state index contributed by atoms with van der Waals surface area (Å²) in [6.45, 7) is 5.45. The molecule has 150 valence electrons. The lowest BCUT2D eigenvalue weighted by Gasteiger charge is -2.21. The number of esters is 1. The van der Waals surface area contributed by atoms with Crippen LogP contribution in [0.3, 0.4) is 0 Å². The van der Waals surface area contributed by atoms with E-state index in [1.165, 1.54) is 31.4 Å². The first-order valence-electron chi connectivity index (χ1n) is 8.27. The molecule has 0 spiro atoms. The summed E-state index contributed by atoms with van der Waals surface area (Å²) in [5.41, 5.74) is -0.225.